The summed E-state index contributed by atoms with van der Waals surface area (Å²) in [6.45, 7) is 2.41. The van der Waals surface area contributed by atoms with Crippen LogP contribution in [0.3, 0.4) is 0 Å². The van der Waals surface area contributed by atoms with Crippen LogP contribution in [0.4, 0.5) is 4.39 Å². The van der Waals surface area contributed by atoms with Gasteiger partial charge in [0.2, 0.25) is 0 Å². The highest BCUT2D eigenvalue weighted by atomic mass is 79.9. The van der Waals surface area contributed by atoms with E-state index in [2.05, 4.69) is 31.5 Å². The first kappa shape index (κ1) is 19.7. The van der Waals surface area contributed by atoms with Gasteiger partial charge in [0.1, 0.15) is 11.9 Å². The molecule has 0 aliphatic carbocycles. The lowest BCUT2D eigenvalue weighted by atomic mass is 9.95. The van der Waals surface area contributed by atoms with Gasteiger partial charge in [-0.15, -0.1) is 11.3 Å². The lowest BCUT2D eigenvalue weighted by Gasteiger charge is -2.27. The fraction of sp³-hybridized carbons (Fsp3) is 0.278. The van der Waals surface area contributed by atoms with Crippen molar-refractivity contribution in [2.24, 2.45) is 4.99 Å². The minimum absolute atomic E-state index is 0.246. The molecule has 1 aromatic heterocycles. The lowest BCUT2D eigenvalue weighted by Crippen LogP contribution is -2.37. The summed E-state index contributed by atoms with van der Waals surface area (Å²) in [6.07, 6.45) is 1.69. The Morgan fingerprint density at radius 2 is 2.30 bits per heavy atom. The number of hydrogen-bond donors (Lipinski definition) is 2. The normalized spacial score (nSPS) is 16.7. The summed E-state index contributed by atoms with van der Waals surface area (Å²) in [7, 11) is 1.79. The zero-order chi connectivity index (χ0) is 19.4. The van der Waals surface area contributed by atoms with Crippen molar-refractivity contribution in [3.63, 3.8) is 0 Å². The molecule has 3 rings (SSSR count). The van der Waals surface area contributed by atoms with Crippen LogP contribution in [-0.2, 0) is 9.53 Å². The van der Waals surface area contributed by atoms with Crippen LogP contribution >= 0.6 is 27.3 Å². The average molecular weight is 453 g/mol. The number of hydrogen-bond acceptors (Lipinski definition) is 7. The predicted octanol–water partition coefficient (Wildman–Crippen LogP) is 3.17. The van der Waals surface area contributed by atoms with E-state index in [1.54, 1.807) is 26.2 Å². The van der Waals surface area contributed by atoms with Crippen LogP contribution < -0.4 is 10.6 Å². The van der Waals surface area contributed by atoms with Gasteiger partial charge in [-0.25, -0.2) is 14.2 Å². The molecule has 1 aliphatic rings. The van der Waals surface area contributed by atoms with Gasteiger partial charge in [-0.3, -0.25) is 4.99 Å². The molecule has 1 aliphatic heterocycles. The molecule has 9 heteroatoms. The minimum atomic E-state index is -0.650. The second-order valence-electron chi connectivity index (χ2n) is 5.65. The first-order valence-corrected chi connectivity index (χ1v) is 9.96. The lowest BCUT2D eigenvalue weighted by molar-refractivity contribution is -0.138. The van der Waals surface area contributed by atoms with E-state index < -0.39 is 12.0 Å². The van der Waals surface area contributed by atoms with Crippen LogP contribution in [0, 0.1) is 5.82 Å². The molecule has 0 fully saturated rings. The molecule has 1 aromatic carbocycles. The molecule has 0 saturated heterocycles. The van der Waals surface area contributed by atoms with Crippen molar-refractivity contribution in [3.8, 4) is 0 Å². The van der Waals surface area contributed by atoms with E-state index in [0.717, 1.165) is 0 Å². The highest BCUT2D eigenvalue weighted by Crippen LogP contribution is 2.36. The van der Waals surface area contributed by atoms with Gasteiger partial charge in [0.15, 0.2) is 10.8 Å². The molecule has 2 aromatic rings. The van der Waals surface area contributed by atoms with Crippen LogP contribution in [0.2, 0.25) is 0 Å². The predicted molar refractivity (Wildman–Crippen MR) is 106 cm³/mol. The maximum Gasteiger partial charge on any atom is 0.338 e. The second-order valence-corrected chi connectivity index (χ2v) is 7.40. The second kappa shape index (κ2) is 8.73. The smallest absolute Gasteiger partial charge is 0.338 e. The van der Waals surface area contributed by atoms with Gasteiger partial charge in [0, 0.05) is 28.3 Å². The number of carbonyl (C=O) groups excluding carboxylic acids is 1. The van der Waals surface area contributed by atoms with Gasteiger partial charge in [-0.05, 0) is 31.7 Å². The van der Waals surface area contributed by atoms with Crippen molar-refractivity contribution in [2.75, 3.05) is 20.2 Å². The van der Waals surface area contributed by atoms with Gasteiger partial charge in [-0.2, -0.15) is 0 Å². The first-order chi connectivity index (χ1) is 13.0. The summed E-state index contributed by atoms with van der Waals surface area (Å²) in [5.41, 5.74) is 1.71. The molecule has 0 saturated carbocycles. The summed E-state index contributed by atoms with van der Waals surface area (Å²) in [5, 5.41) is 8.81. The molecule has 2 heterocycles. The van der Waals surface area contributed by atoms with Gasteiger partial charge >= 0.3 is 5.97 Å². The quantitative estimate of drug-likeness (QED) is 0.658. The van der Waals surface area contributed by atoms with E-state index in [1.165, 1.54) is 23.5 Å². The largest absolute Gasteiger partial charge is 0.463 e. The number of likely N-dealkylation sites (N-methyl/N-ethyl adjacent to an activating group) is 1. The highest BCUT2D eigenvalue weighted by Gasteiger charge is 2.33. The van der Waals surface area contributed by atoms with E-state index in [4.69, 9.17) is 9.73 Å². The monoisotopic (exact) mass is 452 g/mol. The number of aliphatic imine (C=N–C) groups is 1. The Bertz CT molecular complexity index is 899. The van der Waals surface area contributed by atoms with E-state index in [0.29, 0.717) is 38.7 Å². The Labute approximate surface area is 168 Å². The summed E-state index contributed by atoms with van der Waals surface area (Å²) >= 11 is 4.83. The molecule has 2 N–H and O–H groups in total. The van der Waals surface area contributed by atoms with Crippen molar-refractivity contribution in [3.05, 3.63) is 61.9 Å². The van der Waals surface area contributed by atoms with Crippen molar-refractivity contribution >= 4 is 39.1 Å². The topological polar surface area (TPSA) is 75.6 Å². The van der Waals surface area contributed by atoms with Crippen LogP contribution in [0.5, 0.6) is 0 Å². The first-order valence-electron chi connectivity index (χ1n) is 8.29. The summed E-state index contributed by atoms with van der Waals surface area (Å²) in [4.78, 5) is 21.7. The van der Waals surface area contributed by atoms with E-state index in [-0.39, 0.29) is 12.4 Å². The molecule has 6 nitrogen and oxygen atoms in total. The number of halogens is 2. The highest BCUT2D eigenvalue weighted by molar-refractivity contribution is 9.10. The van der Waals surface area contributed by atoms with E-state index >= 15 is 0 Å². The SMILES string of the molecule is CCOC(=O)C1=C(CNC)NC(c2nccs2)=NC1c1ccc(F)cc1Br. The van der Waals surface area contributed by atoms with Crippen molar-refractivity contribution in [1.82, 2.24) is 15.6 Å². The van der Waals surface area contributed by atoms with Gasteiger partial charge in [0.25, 0.3) is 0 Å². The maximum absolute atomic E-state index is 13.6. The van der Waals surface area contributed by atoms with Crippen LogP contribution in [0.25, 0.3) is 0 Å². The Kier molecular flexibility index (Phi) is 6.35. The van der Waals surface area contributed by atoms with E-state index in [1.807, 2.05) is 5.38 Å². The Morgan fingerprint density at radius 1 is 1.48 bits per heavy atom. The number of nitrogens with one attached hydrogen (secondary N) is 2. The molecule has 1 unspecified atom stereocenters. The average Bonchev–Trinajstić information content (AvgIpc) is 3.16. The summed E-state index contributed by atoms with van der Waals surface area (Å²) < 4.78 is 19.4. The van der Waals surface area contributed by atoms with Crippen LogP contribution in [-0.4, -0.2) is 37.0 Å². The molecule has 0 amide bonds. The molecule has 0 bridgehead atoms. The molecule has 1 atom stereocenters. The summed E-state index contributed by atoms with van der Waals surface area (Å²) in [6, 6.07) is 3.68. The Morgan fingerprint density at radius 3 is 2.93 bits per heavy atom. The number of nitrogens with zero attached hydrogens (tertiary/aromatic N) is 2. The fourth-order valence-corrected chi connectivity index (χ4v) is 3.91. The van der Waals surface area contributed by atoms with Crippen molar-refractivity contribution < 1.29 is 13.9 Å². The summed E-state index contributed by atoms with van der Waals surface area (Å²) in [5.74, 6) is -0.274. The number of thiazole rings is 1. The van der Waals surface area contributed by atoms with Gasteiger partial charge < -0.3 is 15.4 Å². The number of amidine groups is 1. The zero-order valence-corrected chi connectivity index (χ0v) is 17.2. The number of aromatic nitrogens is 1. The minimum Gasteiger partial charge on any atom is -0.463 e. The number of esters is 1. The third-order valence-corrected chi connectivity index (χ3v) is 5.33. The fourth-order valence-electron chi connectivity index (χ4n) is 2.76. The standard InChI is InChI=1S/C18H18BrFN4O2S/c1-3-26-18(25)14-13(9-21-2)23-16(17-22-6-7-27-17)24-15(14)11-5-4-10(20)8-12(11)19/h4-8,15,21H,3,9H2,1-2H3,(H,23,24). The van der Waals surface area contributed by atoms with Crippen LogP contribution in [0.1, 0.15) is 23.5 Å². The molecular weight excluding hydrogens is 435 g/mol. The number of carbonyl (C=O) groups is 1. The molecule has 27 heavy (non-hydrogen) atoms. The zero-order valence-electron chi connectivity index (χ0n) is 14.8. The molecule has 0 spiro atoms. The van der Waals surface area contributed by atoms with Gasteiger partial charge in [-0.1, -0.05) is 22.0 Å². The maximum atomic E-state index is 13.6. The number of ether oxygens (including phenoxy) is 1. The Balaban J connectivity index is 2.16. The number of benzene rings is 1. The molecule has 0 radical (unpaired) electrons. The van der Waals surface area contributed by atoms with E-state index in [9.17, 15) is 9.18 Å². The van der Waals surface area contributed by atoms with Crippen molar-refractivity contribution in [2.45, 2.75) is 13.0 Å². The van der Waals surface area contributed by atoms with Crippen molar-refractivity contribution in [1.29, 1.82) is 0 Å². The third kappa shape index (κ3) is 4.26. The van der Waals surface area contributed by atoms with Crippen LogP contribution in [0.15, 0.2) is 50.5 Å². The Hall–Kier alpha value is -2.10. The number of rotatable bonds is 6. The van der Waals surface area contributed by atoms with Gasteiger partial charge in [0.05, 0.1) is 12.2 Å². The molecular formula is C18H18BrFN4O2S. The molecule has 142 valence electrons. The third-order valence-electron chi connectivity index (χ3n) is 3.87.